The average Bonchev–Trinajstić information content (AvgIpc) is 2.42. The Bertz CT molecular complexity index is 1990. The van der Waals surface area contributed by atoms with Crippen molar-refractivity contribution in [2.45, 2.75) is 258 Å². The summed E-state index contributed by atoms with van der Waals surface area (Å²) in [5.41, 5.74) is 1.66. The highest BCUT2D eigenvalue weighted by atomic mass is 16.7. The third kappa shape index (κ3) is 34.7. The molecule has 17 unspecified atom stereocenters. The number of aliphatic hydroxyl groups excluding tert-OH is 16. The van der Waals surface area contributed by atoms with Crippen LogP contribution in [0.2, 0.25) is 0 Å². The van der Waals surface area contributed by atoms with Gasteiger partial charge in [-0.3, -0.25) is 5.01 Å². The van der Waals surface area contributed by atoms with Crippen molar-refractivity contribution in [3.8, 4) is 0 Å². The molecule has 0 amide bonds. The molecule has 16 N–H and O–H groups in total. The van der Waals surface area contributed by atoms with E-state index in [-0.39, 0.29) is 63.4 Å². The zero-order chi connectivity index (χ0) is 66.7. The quantitative estimate of drug-likeness (QED) is 0.0395. The van der Waals surface area contributed by atoms with E-state index in [2.05, 4.69) is 58.7 Å². The molecule has 5 rings (SSSR count). The van der Waals surface area contributed by atoms with Gasteiger partial charge in [0.05, 0.1) is 121 Å². The number of aliphatic hydroxyl groups is 16. The SMILES string of the molecule is CC(C)CN1CC(COC2C(O)C(O)OC(CO)C2O)N=N1.CC(C)OC1C(O)C(O)OC(CO)C1O.CC(C)OCC(O)CO.CC(C)OCc1cn(CC(O)CO)nn1.CCC(O)C(OC(C)C)C(O)CO.CCC(O)n1cc(CC(C)C)nn1. The Morgan fingerprint density at radius 2 is 1.14 bits per heavy atom. The Morgan fingerprint density at radius 1 is 0.586 bits per heavy atom. The molecule has 0 aliphatic carbocycles. The van der Waals surface area contributed by atoms with E-state index in [1.807, 2.05) is 59.7 Å². The van der Waals surface area contributed by atoms with E-state index in [0.717, 1.165) is 18.7 Å². The second kappa shape index (κ2) is 45.9. The van der Waals surface area contributed by atoms with Crippen molar-refractivity contribution >= 4 is 0 Å². The Kier molecular flexibility index (Phi) is 44.2. The van der Waals surface area contributed by atoms with E-state index in [9.17, 15) is 46.0 Å². The molecular formula is C55H111N9O23. The van der Waals surface area contributed by atoms with Crippen LogP contribution in [0, 0.1) is 11.8 Å². The van der Waals surface area contributed by atoms with Crippen LogP contribution in [-0.2, 0) is 52.7 Å². The van der Waals surface area contributed by atoms with Crippen LogP contribution >= 0.6 is 0 Å². The Hall–Kier alpha value is -3.24. The summed E-state index contributed by atoms with van der Waals surface area (Å²) in [6.07, 6.45) is -10.9. The van der Waals surface area contributed by atoms with Crippen LogP contribution in [0.25, 0.3) is 0 Å². The van der Waals surface area contributed by atoms with E-state index >= 15 is 0 Å². The van der Waals surface area contributed by atoms with Crippen LogP contribution < -0.4 is 0 Å². The fourth-order valence-electron chi connectivity index (χ4n) is 7.73. The van der Waals surface area contributed by atoms with Gasteiger partial charge in [0.25, 0.3) is 0 Å². The smallest absolute Gasteiger partial charge is 0.184 e. The molecule has 514 valence electrons. The lowest BCUT2D eigenvalue weighted by Gasteiger charge is -2.40. The summed E-state index contributed by atoms with van der Waals surface area (Å²) >= 11 is 0. The third-order valence-electron chi connectivity index (χ3n) is 12.2. The van der Waals surface area contributed by atoms with E-state index in [4.69, 9.17) is 68.9 Å². The zero-order valence-electron chi connectivity index (χ0n) is 53.4. The molecule has 2 saturated heterocycles. The molecule has 3 aliphatic heterocycles. The first-order valence-electron chi connectivity index (χ1n) is 29.8. The van der Waals surface area contributed by atoms with Gasteiger partial charge < -0.3 is 115 Å². The average molecular weight is 1270 g/mol. The Morgan fingerprint density at radius 3 is 1.61 bits per heavy atom. The topological polar surface area (TPSA) is 478 Å². The number of hydrogen-bond donors (Lipinski definition) is 16. The molecule has 3 aliphatic rings. The largest absolute Gasteiger partial charge is 0.394 e. The maximum absolute atomic E-state index is 10.0. The molecule has 87 heavy (non-hydrogen) atoms. The van der Waals surface area contributed by atoms with Gasteiger partial charge in [0, 0.05) is 6.54 Å². The number of rotatable bonds is 29. The molecule has 0 bridgehead atoms. The molecule has 32 heteroatoms. The van der Waals surface area contributed by atoms with Crippen molar-refractivity contribution < 1.29 is 115 Å². The lowest BCUT2D eigenvalue weighted by molar-refractivity contribution is -0.298. The van der Waals surface area contributed by atoms with Crippen molar-refractivity contribution in [2.75, 3.05) is 59.3 Å². The summed E-state index contributed by atoms with van der Waals surface area (Å²) in [6, 6.07) is -0.189. The minimum Gasteiger partial charge on any atom is -0.394 e. The first-order chi connectivity index (χ1) is 40.8. The van der Waals surface area contributed by atoms with Gasteiger partial charge in [0.1, 0.15) is 85.1 Å². The van der Waals surface area contributed by atoms with Crippen molar-refractivity contribution in [3.63, 3.8) is 0 Å². The summed E-state index contributed by atoms with van der Waals surface area (Å²) in [5.74, 6) is 1.04. The third-order valence-corrected chi connectivity index (χ3v) is 12.2. The molecule has 5 heterocycles. The highest BCUT2D eigenvalue weighted by molar-refractivity contribution is 4.94. The maximum atomic E-state index is 10.0. The van der Waals surface area contributed by atoms with Gasteiger partial charge in [-0.05, 0) is 86.5 Å². The van der Waals surface area contributed by atoms with Crippen LogP contribution in [-0.4, -0.2) is 298 Å². The fraction of sp³-hybridized carbons (Fsp3) is 0.927. The molecular weight excluding hydrogens is 1150 g/mol. The minimum absolute atomic E-state index is 0.0765. The minimum atomic E-state index is -1.51. The molecule has 17 atom stereocenters. The first kappa shape index (κ1) is 83.8. The molecule has 2 fully saturated rings. The van der Waals surface area contributed by atoms with Gasteiger partial charge in [-0.15, -0.1) is 10.2 Å². The fourth-order valence-corrected chi connectivity index (χ4v) is 7.73. The van der Waals surface area contributed by atoms with Gasteiger partial charge in [-0.25, -0.2) is 9.36 Å². The van der Waals surface area contributed by atoms with Gasteiger partial charge in [-0.2, -0.15) is 5.11 Å². The summed E-state index contributed by atoms with van der Waals surface area (Å²) in [7, 11) is 0. The van der Waals surface area contributed by atoms with Crippen molar-refractivity contribution in [3.05, 3.63) is 23.8 Å². The van der Waals surface area contributed by atoms with Crippen LogP contribution in [0.5, 0.6) is 0 Å². The predicted octanol–water partition coefficient (Wildman–Crippen LogP) is -2.68. The second-order valence-corrected chi connectivity index (χ2v) is 22.9. The summed E-state index contributed by atoms with van der Waals surface area (Å²) < 4.78 is 39.1. The monoisotopic (exact) mass is 1270 g/mol. The molecule has 0 spiro atoms. The van der Waals surface area contributed by atoms with Crippen LogP contribution in [0.15, 0.2) is 22.7 Å². The number of ether oxygens (including phenoxy) is 7. The number of nitrogens with zero attached hydrogens (tertiary/aromatic N) is 9. The standard InChI is InChI=1S/C13H25N3O6.C9H17N3O3.C9H17N3O.C9H18O6.C9H20O4.C6H14O3/c1-7(2)3-16-4-8(14-15-16)6-21-12-10(18)9(5-17)22-13(20)11(12)19;1-7(2)15-6-8-3-12(11-10-8)4-9(14)5-13;1-4-9(13)12-6-8(10-11-12)5-7(2)3;1-4(2)14-8-6(11)5(3-10)15-9(13)7(8)12;1-4-7(11)9(8(12)5-10)13-6(2)3;1-5(2)9-4-6(8)3-7/h7-13,17-20H,3-6H2,1-2H3;3,7,9,13-14H,4-6H2,1-2H3;6-7,9,13H,4-5H2,1-3H3;4-13H,3H2,1-2H3;6-12H,4-5H2,1-3H3;5-8H,3-4H2,1-2H3. The Labute approximate surface area is 511 Å². The molecule has 0 aromatic carbocycles. The lowest BCUT2D eigenvalue weighted by Crippen LogP contribution is -2.59. The van der Waals surface area contributed by atoms with Crippen LogP contribution in [0.1, 0.15) is 127 Å². The van der Waals surface area contributed by atoms with Crippen LogP contribution in [0.3, 0.4) is 0 Å². The maximum Gasteiger partial charge on any atom is 0.184 e. The van der Waals surface area contributed by atoms with E-state index in [0.29, 0.717) is 43.5 Å². The van der Waals surface area contributed by atoms with Crippen LogP contribution in [0.4, 0.5) is 0 Å². The van der Waals surface area contributed by atoms with Gasteiger partial charge >= 0.3 is 0 Å². The van der Waals surface area contributed by atoms with E-state index in [1.54, 1.807) is 27.0 Å². The molecule has 0 saturated carbocycles. The summed E-state index contributed by atoms with van der Waals surface area (Å²) in [5, 5.41) is 173. The predicted molar refractivity (Wildman–Crippen MR) is 311 cm³/mol. The normalized spacial score (nSPS) is 25.7. The summed E-state index contributed by atoms with van der Waals surface area (Å²) in [6.45, 7) is 27.5. The number of aromatic nitrogens is 6. The number of hydrogen-bond acceptors (Lipinski definition) is 30. The molecule has 2 aromatic rings. The van der Waals surface area contributed by atoms with Crippen molar-refractivity contribution in [2.24, 2.45) is 22.2 Å². The van der Waals surface area contributed by atoms with Gasteiger partial charge in [-0.1, -0.05) is 57.2 Å². The van der Waals surface area contributed by atoms with Gasteiger partial charge in [0.2, 0.25) is 0 Å². The van der Waals surface area contributed by atoms with E-state index in [1.165, 1.54) is 9.36 Å². The molecule has 0 radical (unpaired) electrons. The highest BCUT2D eigenvalue weighted by Crippen LogP contribution is 2.25. The molecule has 32 nitrogen and oxygen atoms in total. The molecule has 2 aromatic heterocycles. The van der Waals surface area contributed by atoms with E-state index < -0.39 is 118 Å². The second-order valence-electron chi connectivity index (χ2n) is 22.9. The zero-order valence-corrected chi connectivity index (χ0v) is 53.4. The lowest BCUT2D eigenvalue weighted by atomic mass is 9.99. The van der Waals surface area contributed by atoms with Crippen molar-refractivity contribution in [1.82, 2.24) is 35.0 Å². The Balaban J connectivity index is 0.00000104. The summed E-state index contributed by atoms with van der Waals surface area (Å²) in [4.78, 5) is 0. The first-order valence-corrected chi connectivity index (χ1v) is 29.8. The van der Waals surface area contributed by atoms with Crippen molar-refractivity contribution in [1.29, 1.82) is 0 Å². The highest BCUT2D eigenvalue weighted by Gasteiger charge is 2.46. The van der Waals surface area contributed by atoms with Gasteiger partial charge in [0.15, 0.2) is 12.6 Å².